The lowest BCUT2D eigenvalue weighted by molar-refractivity contribution is -0.0766. The minimum atomic E-state index is -0.471. The molecule has 1 aliphatic rings. The van der Waals surface area contributed by atoms with E-state index < -0.39 is 11.7 Å². The molecule has 1 aromatic heterocycles. The van der Waals surface area contributed by atoms with Crippen LogP contribution in [0.1, 0.15) is 25.3 Å². The first-order valence-corrected chi connectivity index (χ1v) is 6.84. The van der Waals surface area contributed by atoms with Gasteiger partial charge in [0.05, 0.1) is 17.2 Å². The maximum absolute atomic E-state index is 10.5. The highest BCUT2D eigenvalue weighted by molar-refractivity contribution is 5.81. The van der Waals surface area contributed by atoms with Crippen molar-refractivity contribution in [3.63, 3.8) is 0 Å². The second-order valence-electron chi connectivity index (χ2n) is 5.47. The van der Waals surface area contributed by atoms with E-state index in [0.29, 0.717) is 6.42 Å². The molecule has 100 valence electrons. The summed E-state index contributed by atoms with van der Waals surface area (Å²) in [5, 5.41) is 11.6. The molecule has 2 atom stereocenters. The van der Waals surface area contributed by atoms with E-state index >= 15 is 0 Å². The summed E-state index contributed by atoms with van der Waals surface area (Å²) in [7, 11) is 0. The molecule has 0 aliphatic carbocycles. The number of para-hydroxylation sites is 1. The van der Waals surface area contributed by atoms with E-state index in [9.17, 15) is 5.11 Å². The van der Waals surface area contributed by atoms with E-state index in [1.54, 1.807) is 0 Å². The molecule has 0 bridgehead atoms. The predicted octanol–water partition coefficient (Wildman–Crippen LogP) is 2.71. The van der Waals surface area contributed by atoms with Gasteiger partial charge in [0.2, 0.25) is 0 Å². The van der Waals surface area contributed by atoms with Gasteiger partial charge >= 0.3 is 0 Å². The van der Waals surface area contributed by atoms with Crippen molar-refractivity contribution >= 4 is 10.9 Å². The van der Waals surface area contributed by atoms with Crippen molar-refractivity contribution in [1.29, 1.82) is 0 Å². The first-order valence-electron chi connectivity index (χ1n) is 6.84. The van der Waals surface area contributed by atoms with Crippen molar-refractivity contribution in [2.45, 2.75) is 37.9 Å². The van der Waals surface area contributed by atoms with E-state index in [-0.39, 0.29) is 0 Å². The molecule has 2 heterocycles. The van der Waals surface area contributed by atoms with Crippen molar-refractivity contribution in [1.82, 2.24) is 4.98 Å². The lowest BCUT2D eigenvalue weighted by Crippen LogP contribution is -2.40. The van der Waals surface area contributed by atoms with Crippen molar-refractivity contribution in [3.05, 3.63) is 42.1 Å². The maximum atomic E-state index is 10.5. The molecule has 1 N–H and O–H groups in total. The summed E-state index contributed by atoms with van der Waals surface area (Å²) in [6.45, 7) is 2.76. The lowest BCUT2D eigenvalue weighted by Gasteiger charge is -2.29. The summed E-state index contributed by atoms with van der Waals surface area (Å²) in [4.78, 5) is 4.35. The molecule has 0 spiro atoms. The van der Waals surface area contributed by atoms with E-state index in [1.807, 2.05) is 37.4 Å². The molecule has 1 saturated heterocycles. The van der Waals surface area contributed by atoms with Gasteiger partial charge in [0.1, 0.15) is 0 Å². The highest BCUT2D eigenvalue weighted by atomic mass is 16.5. The Labute approximate surface area is 113 Å². The Morgan fingerprint density at radius 2 is 2.21 bits per heavy atom. The zero-order valence-corrected chi connectivity index (χ0v) is 11.2. The van der Waals surface area contributed by atoms with Crippen LogP contribution in [0.25, 0.3) is 10.9 Å². The third kappa shape index (κ3) is 2.36. The molecular weight excluding hydrogens is 238 g/mol. The van der Waals surface area contributed by atoms with Gasteiger partial charge in [-0.2, -0.15) is 0 Å². The van der Waals surface area contributed by atoms with Gasteiger partial charge in [0, 0.05) is 24.6 Å². The van der Waals surface area contributed by atoms with Gasteiger partial charge in [-0.05, 0) is 37.5 Å². The van der Waals surface area contributed by atoms with E-state index in [0.717, 1.165) is 35.9 Å². The van der Waals surface area contributed by atoms with Crippen LogP contribution in [0.5, 0.6) is 0 Å². The summed E-state index contributed by atoms with van der Waals surface area (Å²) in [5.74, 6) is 0. The normalized spacial score (nSPS) is 24.7. The summed E-state index contributed by atoms with van der Waals surface area (Å²) >= 11 is 0. The number of aliphatic hydroxyl groups excluding tert-OH is 1. The molecule has 0 saturated carbocycles. The van der Waals surface area contributed by atoms with Crippen LogP contribution in [0, 0.1) is 0 Å². The molecule has 3 nitrogen and oxygen atoms in total. The SMILES string of the molecule is CC1(C(O)Cc2ccnc3ccccc23)CCCO1. The maximum Gasteiger partial charge on any atom is 0.0916 e. The zero-order valence-electron chi connectivity index (χ0n) is 11.2. The van der Waals surface area contributed by atoms with E-state index in [1.165, 1.54) is 0 Å². The Morgan fingerprint density at radius 1 is 1.37 bits per heavy atom. The summed E-state index contributed by atoms with van der Waals surface area (Å²) in [6, 6.07) is 10.0. The molecule has 3 rings (SSSR count). The largest absolute Gasteiger partial charge is 0.390 e. The fourth-order valence-corrected chi connectivity index (χ4v) is 2.82. The van der Waals surface area contributed by atoms with Crippen molar-refractivity contribution < 1.29 is 9.84 Å². The van der Waals surface area contributed by atoms with Crippen LogP contribution in [0.4, 0.5) is 0 Å². The van der Waals surface area contributed by atoms with Crippen LogP contribution in [-0.4, -0.2) is 28.4 Å². The second kappa shape index (κ2) is 4.91. The number of ether oxygens (including phenoxy) is 1. The molecule has 3 heteroatoms. The van der Waals surface area contributed by atoms with Crippen LogP contribution in [-0.2, 0) is 11.2 Å². The van der Waals surface area contributed by atoms with E-state index in [2.05, 4.69) is 11.1 Å². The molecule has 2 aromatic rings. The average molecular weight is 257 g/mol. The van der Waals surface area contributed by atoms with Crippen LogP contribution in [0.3, 0.4) is 0 Å². The molecule has 1 fully saturated rings. The third-order valence-electron chi connectivity index (χ3n) is 4.11. The standard InChI is InChI=1S/C16H19NO2/c1-16(8-4-10-19-16)15(18)11-12-7-9-17-14-6-3-2-5-13(12)14/h2-3,5-7,9,15,18H,4,8,10-11H2,1H3. The quantitative estimate of drug-likeness (QED) is 0.919. The first kappa shape index (κ1) is 12.6. The number of rotatable bonds is 3. The zero-order chi connectivity index (χ0) is 13.3. The number of fused-ring (bicyclic) bond motifs is 1. The molecule has 1 aromatic carbocycles. The van der Waals surface area contributed by atoms with Gasteiger partial charge in [-0.15, -0.1) is 0 Å². The van der Waals surface area contributed by atoms with E-state index in [4.69, 9.17) is 4.74 Å². The van der Waals surface area contributed by atoms with Gasteiger partial charge in [0.25, 0.3) is 0 Å². The Morgan fingerprint density at radius 3 is 3.00 bits per heavy atom. The number of aromatic nitrogens is 1. The fraction of sp³-hybridized carbons (Fsp3) is 0.438. The van der Waals surface area contributed by atoms with Gasteiger partial charge in [-0.3, -0.25) is 4.98 Å². The van der Waals surface area contributed by atoms with Crippen LogP contribution in [0.15, 0.2) is 36.5 Å². The molecule has 2 unspecified atom stereocenters. The Balaban J connectivity index is 1.89. The topological polar surface area (TPSA) is 42.4 Å². The summed E-state index contributed by atoms with van der Waals surface area (Å²) in [5.41, 5.74) is 1.71. The second-order valence-corrected chi connectivity index (χ2v) is 5.47. The van der Waals surface area contributed by atoms with Crippen LogP contribution in [0.2, 0.25) is 0 Å². The van der Waals surface area contributed by atoms with Gasteiger partial charge < -0.3 is 9.84 Å². The number of hydrogen-bond donors (Lipinski definition) is 1. The summed E-state index contributed by atoms with van der Waals surface area (Å²) in [6.07, 6.45) is 3.91. The number of hydrogen-bond acceptors (Lipinski definition) is 3. The molecule has 0 radical (unpaired) electrons. The van der Waals surface area contributed by atoms with Gasteiger partial charge in [-0.25, -0.2) is 0 Å². The summed E-state index contributed by atoms with van der Waals surface area (Å²) < 4.78 is 5.72. The van der Waals surface area contributed by atoms with Crippen molar-refractivity contribution in [2.75, 3.05) is 6.61 Å². The Hall–Kier alpha value is -1.45. The fourth-order valence-electron chi connectivity index (χ4n) is 2.82. The minimum Gasteiger partial charge on any atom is -0.390 e. The van der Waals surface area contributed by atoms with Gasteiger partial charge in [-0.1, -0.05) is 18.2 Å². The Bertz CT molecular complexity index is 570. The lowest BCUT2D eigenvalue weighted by atomic mass is 9.90. The van der Waals surface area contributed by atoms with Gasteiger partial charge in [0.15, 0.2) is 0 Å². The number of benzene rings is 1. The van der Waals surface area contributed by atoms with Crippen molar-refractivity contribution in [3.8, 4) is 0 Å². The smallest absolute Gasteiger partial charge is 0.0916 e. The molecule has 0 amide bonds. The van der Waals surface area contributed by atoms with Crippen molar-refractivity contribution in [2.24, 2.45) is 0 Å². The molecule has 1 aliphatic heterocycles. The Kier molecular flexibility index (Phi) is 3.25. The monoisotopic (exact) mass is 257 g/mol. The highest BCUT2D eigenvalue weighted by Gasteiger charge is 2.37. The molecule has 19 heavy (non-hydrogen) atoms. The molecular formula is C16H19NO2. The average Bonchev–Trinajstić information content (AvgIpc) is 2.87. The predicted molar refractivity (Wildman–Crippen MR) is 75.0 cm³/mol. The first-order chi connectivity index (χ1) is 9.19. The third-order valence-corrected chi connectivity index (χ3v) is 4.11. The highest BCUT2D eigenvalue weighted by Crippen LogP contribution is 2.31. The number of pyridine rings is 1. The van der Waals surface area contributed by atoms with Crippen LogP contribution >= 0.6 is 0 Å². The number of nitrogens with zero attached hydrogens (tertiary/aromatic N) is 1. The minimum absolute atomic E-state index is 0.398. The number of aliphatic hydroxyl groups is 1. The van der Waals surface area contributed by atoms with Crippen LogP contribution < -0.4 is 0 Å².